The van der Waals surface area contributed by atoms with Crippen molar-refractivity contribution in [2.24, 2.45) is 0 Å². The van der Waals surface area contributed by atoms with Gasteiger partial charge in [-0.25, -0.2) is 12.8 Å². The Hall–Kier alpha value is -0.900. The molecule has 0 aliphatic carbocycles. The van der Waals surface area contributed by atoms with Gasteiger partial charge in [-0.05, 0) is 18.6 Å². The molecule has 0 saturated heterocycles. The summed E-state index contributed by atoms with van der Waals surface area (Å²) >= 11 is 0. The first kappa shape index (κ1) is 13.2. The fraction of sp³-hybridized carbons (Fsp3) is 0.500. The van der Waals surface area contributed by atoms with E-state index in [2.05, 4.69) is 6.92 Å². The van der Waals surface area contributed by atoms with Crippen molar-refractivity contribution < 1.29 is 12.8 Å². The molecule has 0 spiro atoms. The van der Waals surface area contributed by atoms with Gasteiger partial charge in [0, 0.05) is 0 Å². The minimum atomic E-state index is -3.45. The third-order valence-corrected chi connectivity index (χ3v) is 4.27. The van der Waals surface area contributed by atoms with Crippen LogP contribution in [0.1, 0.15) is 32.6 Å². The lowest BCUT2D eigenvalue weighted by atomic mass is 10.2. The summed E-state index contributed by atoms with van der Waals surface area (Å²) in [6.07, 6.45) is 3.56. The van der Waals surface area contributed by atoms with Crippen LogP contribution in [-0.4, -0.2) is 14.2 Å². The predicted molar refractivity (Wildman–Crippen MR) is 62.6 cm³/mol. The first-order chi connectivity index (χ1) is 7.58. The van der Waals surface area contributed by atoms with Crippen molar-refractivity contribution in [3.63, 3.8) is 0 Å². The molecule has 0 fully saturated rings. The van der Waals surface area contributed by atoms with Crippen LogP contribution in [0.3, 0.4) is 0 Å². The summed E-state index contributed by atoms with van der Waals surface area (Å²) in [6.45, 7) is 2.06. The van der Waals surface area contributed by atoms with Gasteiger partial charge in [0.15, 0.2) is 9.84 Å². The molecule has 1 aromatic rings. The fourth-order valence-electron chi connectivity index (χ4n) is 1.53. The summed E-state index contributed by atoms with van der Waals surface area (Å²) in [7, 11) is -3.45. The summed E-state index contributed by atoms with van der Waals surface area (Å²) in [4.78, 5) is -0.175. The van der Waals surface area contributed by atoms with Crippen LogP contribution in [0.25, 0.3) is 0 Å². The molecule has 0 atom stereocenters. The van der Waals surface area contributed by atoms with Gasteiger partial charge in [-0.2, -0.15) is 0 Å². The minimum absolute atomic E-state index is 0.0356. The molecule has 0 saturated carbocycles. The Morgan fingerprint density at radius 1 is 1.12 bits per heavy atom. The Morgan fingerprint density at radius 2 is 1.81 bits per heavy atom. The van der Waals surface area contributed by atoms with Gasteiger partial charge in [0.2, 0.25) is 0 Å². The molecule has 0 aliphatic heterocycles. The zero-order chi connectivity index (χ0) is 12.0. The van der Waals surface area contributed by atoms with Crippen molar-refractivity contribution in [2.75, 3.05) is 5.75 Å². The number of halogens is 1. The lowest BCUT2D eigenvalue weighted by Gasteiger charge is -2.04. The van der Waals surface area contributed by atoms with Crippen molar-refractivity contribution >= 4 is 9.84 Å². The van der Waals surface area contributed by atoms with Crippen LogP contribution in [-0.2, 0) is 9.84 Å². The van der Waals surface area contributed by atoms with Crippen molar-refractivity contribution in [1.29, 1.82) is 0 Å². The van der Waals surface area contributed by atoms with E-state index in [0.29, 0.717) is 6.42 Å². The number of unbranched alkanes of at least 4 members (excludes halogenated alkanes) is 3. The molecule has 1 rings (SSSR count). The van der Waals surface area contributed by atoms with Gasteiger partial charge in [-0.1, -0.05) is 38.3 Å². The maximum absolute atomic E-state index is 13.3. The van der Waals surface area contributed by atoms with E-state index in [1.807, 2.05) is 0 Å². The molecule has 0 N–H and O–H groups in total. The number of hydrogen-bond acceptors (Lipinski definition) is 2. The third kappa shape index (κ3) is 3.59. The molecular weight excluding hydrogens is 227 g/mol. The molecule has 0 bridgehead atoms. The van der Waals surface area contributed by atoms with Gasteiger partial charge in [-0.3, -0.25) is 0 Å². The van der Waals surface area contributed by atoms with Crippen LogP contribution in [0, 0.1) is 5.82 Å². The quantitative estimate of drug-likeness (QED) is 0.720. The number of sulfone groups is 1. The summed E-state index contributed by atoms with van der Waals surface area (Å²) in [6, 6.07) is 5.54. The Bertz CT molecular complexity index is 426. The Morgan fingerprint density at radius 3 is 2.44 bits per heavy atom. The number of hydrogen-bond donors (Lipinski definition) is 0. The van der Waals surface area contributed by atoms with Crippen molar-refractivity contribution in [3.8, 4) is 0 Å². The van der Waals surface area contributed by atoms with Gasteiger partial charge >= 0.3 is 0 Å². The largest absolute Gasteiger partial charge is 0.224 e. The second kappa shape index (κ2) is 5.99. The first-order valence-electron chi connectivity index (χ1n) is 5.55. The van der Waals surface area contributed by atoms with E-state index in [-0.39, 0.29) is 10.6 Å². The normalized spacial score (nSPS) is 11.6. The van der Waals surface area contributed by atoms with Gasteiger partial charge < -0.3 is 0 Å². The molecule has 0 radical (unpaired) electrons. The van der Waals surface area contributed by atoms with Gasteiger partial charge in [-0.15, -0.1) is 0 Å². The second-order valence-corrected chi connectivity index (χ2v) is 5.89. The Labute approximate surface area is 96.4 Å². The van der Waals surface area contributed by atoms with Crippen LogP contribution in [0.15, 0.2) is 29.2 Å². The highest BCUT2D eigenvalue weighted by Crippen LogP contribution is 2.16. The number of rotatable bonds is 6. The maximum Gasteiger partial charge on any atom is 0.181 e. The van der Waals surface area contributed by atoms with Crippen molar-refractivity contribution in [1.82, 2.24) is 0 Å². The highest BCUT2D eigenvalue weighted by molar-refractivity contribution is 7.91. The second-order valence-electron chi connectivity index (χ2n) is 3.81. The highest BCUT2D eigenvalue weighted by atomic mass is 32.2. The molecule has 1 aromatic carbocycles. The SMILES string of the molecule is CCCCCCS(=O)(=O)c1ccccc1F. The predicted octanol–water partition coefficient (Wildman–Crippen LogP) is 3.18. The van der Waals surface area contributed by atoms with Crippen LogP contribution >= 0.6 is 0 Å². The average Bonchev–Trinajstić information content (AvgIpc) is 2.25. The van der Waals surface area contributed by atoms with Gasteiger partial charge in [0.25, 0.3) is 0 Å². The van der Waals surface area contributed by atoms with E-state index in [1.165, 1.54) is 18.2 Å². The standard InChI is InChI=1S/C12H17FO2S/c1-2-3-4-7-10-16(14,15)12-9-6-5-8-11(12)13/h5-6,8-9H,2-4,7,10H2,1H3. The molecule has 0 heterocycles. The van der Waals surface area contributed by atoms with E-state index in [1.54, 1.807) is 6.07 Å². The molecule has 0 unspecified atom stereocenters. The van der Waals surface area contributed by atoms with Crippen molar-refractivity contribution in [3.05, 3.63) is 30.1 Å². The van der Waals surface area contributed by atoms with E-state index in [0.717, 1.165) is 19.3 Å². The zero-order valence-electron chi connectivity index (χ0n) is 9.45. The van der Waals surface area contributed by atoms with Crippen LogP contribution in [0.5, 0.6) is 0 Å². The lowest BCUT2D eigenvalue weighted by Crippen LogP contribution is -2.08. The van der Waals surface area contributed by atoms with E-state index < -0.39 is 15.7 Å². The highest BCUT2D eigenvalue weighted by Gasteiger charge is 2.17. The minimum Gasteiger partial charge on any atom is -0.224 e. The smallest absolute Gasteiger partial charge is 0.181 e. The van der Waals surface area contributed by atoms with Crippen molar-refractivity contribution in [2.45, 2.75) is 37.5 Å². The topological polar surface area (TPSA) is 34.1 Å². The van der Waals surface area contributed by atoms with E-state index in [9.17, 15) is 12.8 Å². The first-order valence-corrected chi connectivity index (χ1v) is 7.20. The Balaban J connectivity index is 2.68. The molecule has 0 aliphatic rings. The molecule has 16 heavy (non-hydrogen) atoms. The van der Waals surface area contributed by atoms with Crippen LogP contribution in [0.2, 0.25) is 0 Å². The average molecular weight is 244 g/mol. The maximum atomic E-state index is 13.3. The lowest BCUT2D eigenvalue weighted by molar-refractivity contribution is 0.563. The van der Waals surface area contributed by atoms with Gasteiger partial charge in [0.05, 0.1) is 5.75 Å². The molecule has 0 amide bonds. The van der Waals surface area contributed by atoms with E-state index >= 15 is 0 Å². The third-order valence-electron chi connectivity index (χ3n) is 2.44. The van der Waals surface area contributed by atoms with E-state index in [4.69, 9.17) is 0 Å². The molecular formula is C12H17FO2S. The number of benzene rings is 1. The zero-order valence-corrected chi connectivity index (χ0v) is 10.3. The van der Waals surface area contributed by atoms with Crippen LogP contribution < -0.4 is 0 Å². The fourth-order valence-corrected chi connectivity index (χ4v) is 2.98. The molecule has 4 heteroatoms. The van der Waals surface area contributed by atoms with Gasteiger partial charge in [0.1, 0.15) is 10.7 Å². The summed E-state index contributed by atoms with van der Waals surface area (Å²) in [5, 5.41) is 0. The summed E-state index contributed by atoms with van der Waals surface area (Å²) in [5.41, 5.74) is 0. The monoisotopic (exact) mass is 244 g/mol. The Kier molecular flexibility index (Phi) is 4.93. The summed E-state index contributed by atoms with van der Waals surface area (Å²) in [5.74, 6) is -0.619. The molecule has 90 valence electrons. The van der Waals surface area contributed by atoms with Crippen LogP contribution in [0.4, 0.5) is 4.39 Å². The summed E-state index contributed by atoms with van der Waals surface area (Å²) < 4.78 is 36.8. The molecule has 2 nitrogen and oxygen atoms in total. The molecule has 0 aromatic heterocycles.